The minimum atomic E-state index is -0.915. The van der Waals surface area contributed by atoms with Gasteiger partial charge in [-0.05, 0) is 75.2 Å². The summed E-state index contributed by atoms with van der Waals surface area (Å²) in [5, 5.41) is 26.1. The number of rotatable bonds is 6. The molecule has 6 rings (SSSR count). The molecule has 1 aromatic carbocycles. The molecule has 0 radical (unpaired) electrons. The average Bonchev–Trinajstić information content (AvgIpc) is 3.61. The minimum Gasteiger partial charge on any atom is -0.390 e. The van der Waals surface area contributed by atoms with Gasteiger partial charge in [0.15, 0.2) is 0 Å². The summed E-state index contributed by atoms with van der Waals surface area (Å²) in [5.74, 6) is 0.676. The number of aliphatic hydroxyl groups excluding tert-OH is 2. The van der Waals surface area contributed by atoms with E-state index in [0.29, 0.717) is 29.4 Å². The third-order valence-corrected chi connectivity index (χ3v) is 9.74. The number of benzene rings is 1. The fourth-order valence-corrected chi connectivity index (χ4v) is 7.54. The van der Waals surface area contributed by atoms with Gasteiger partial charge in [0.05, 0.1) is 23.2 Å². The summed E-state index contributed by atoms with van der Waals surface area (Å²) in [7, 11) is 0. The quantitative estimate of drug-likeness (QED) is 0.288. The van der Waals surface area contributed by atoms with Crippen LogP contribution in [0, 0.1) is 11.8 Å². The van der Waals surface area contributed by atoms with Gasteiger partial charge in [-0.1, -0.05) is 30.3 Å². The summed E-state index contributed by atoms with van der Waals surface area (Å²) < 4.78 is 1.95. The zero-order valence-corrected chi connectivity index (χ0v) is 23.8. The molecule has 3 aromatic heterocycles. The van der Waals surface area contributed by atoms with E-state index in [1.807, 2.05) is 29.0 Å². The molecule has 8 nitrogen and oxygen atoms in total. The number of aromatic nitrogens is 4. The van der Waals surface area contributed by atoms with Crippen LogP contribution in [0.4, 0.5) is 5.82 Å². The van der Waals surface area contributed by atoms with Crippen molar-refractivity contribution in [1.29, 1.82) is 0 Å². The van der Waals surface area contributed by atoms with Crippen LogP contribution in [0.3, 0.4) is 0 Å². The predicted octanol–water partition coefficient (Wildman–Crippen LogP) is 4.78. The maximum Gasteiger partial charge on any atom is 0.226 e. The Kier molecular flexibility index (Phi) is 7.37. The molecular weight excluding hydrogens is 532 g/mol. The maximum atomic E-state index is 11.3. The van der Waals surface area contributed by atoms with Crippen LogP contribution in [0.5, 0.6) is 0 Å². The highest BCUT2D eigenvalue weighted by Crippen LogP contribution is 2.46. The van der Waals surface area contributed by atoms with Crippen LogP contribution in [0.25, 0.3) is 21.6 Å². The van der Waals surface area contributed by atoms with Gasteiger partial charge in [-0.25, -0.2) is 9.97 Å². The maximum absolute atomic E-state index is 11.3. The van der Waals surface area contributed by atoms with Gasteiger partial charge in [-0.15, -0.1) is 11.3 Å². The highest BCUT2D eigenvalue weighted by atomic mass is 35.5. The molecule has 2 aliphatic rings. The van der Waals surface area contributed by atoms with Gasteiger partial charge in [0.2, 0.25) is 5.28 Å². The number of nitrogens with two attached hydrogens (primary N) is 1. The second-order valence-electron chi connectivity index (χ2n) is 11.2. The molecule has 4 heterocycles. The van der Waals surface area contributed by atoms with Crippen molar-refractivity contribution in [2.45, 2.75) is 63.8 Å². The largest absolute Gasteiger partial charge is 0.390 e. The lowest BCUT2D eigenvalue weighted by Crippen LogP contribution is -2.42. The number of hydrogen-bond donors (Lipinski definition) is 3. The fourth-order valence-electron chi connectivity index (χ4n) is 6.53. The van der Waals surface area contributed by atoms with Gasteiger partial charge in [-0.3, -0.25) is 0 Å². The first-order valence-electron chi connectivity index (χ1n) is 13.7. The van der Waals surface area contributed by atoms with Gasteiger partial charge in [-0.2, -0.15) is 4.98 Å². The van der Waals surface area contributed by atoms with E-state index in [1.165, 1.54) is 5.56 Å². The van der Waals surface area contributed by atoms with E-state index in [4.69, 9.17) is 22.3 Å². The Morgan fingerprint density at radius 2 is 1.82 bits per heavy atom. The number of piperidine rings is 1. The Balaban J connectivity index is 1.32. The van der Waals surface area contributed by atoms with Crippen LogP contribution in [-0.4, -0.2) is 66.0 Å². The number of thiazole rings is 1. The summed E-state index contributed by atoms with van der Waals surface area (Å²) in [6.07, 6.45) is 3.71. The number of fused-ring (bicyclic) bond motifs is 1. The van der Waals surface area contributed by atoms with Gasteiger partial charge in [0, 0.05) is 29.6 Å². The SMILES string of the molecule is CC(C)N1CCC([C@H]2C[C@@H](n3cc(-c4nc(Cc5ccccc5)cs4)c4c(N)nc(Cl)nc43)[C@H](O)[C@@H]2O)CC1. The van der Waals surface area contributed by atoms with Gasteiger partial charge < -0.3 is 25.4 Å². The first kappa shape index (κ1) is 26.7. The zero-order valence-electron chi connectivity index (χ0n) is 22.2. The summed E-state index contributed by atoms with van der Waals surface area (Å²) >= 11 is 7.81. The second kappa shape index (κ2) is 10.8. The number of aliphatic hydroxyl groups is 2. The van der Waals surface area contributed by atoms with Crippen LogP contribution in [0.2, 0.25) is 5.28 Å². The van der Waals surface area contributed by atoms with Crippen molar-refractivity contribution < 1.29 is 10.2 Å². The van der Waals surface area contributed by atoms with E-state index in [2.05, 4.69) is 46.2 Å². The fraction of sp³-hybridized carbons (Fsp3) is 0.483. The molecule has 4 N–H and O–H groups in total. The van der Waals surface area contributed by atoms with Crippen molar-refractivity contribution in [2.24, 2.45) is 11.8 Å². The van der Waals surface area contributed by atoms with Crippen LogP contribution in [0.15, 0.2) is 41.9 Å². The number of anilines is 1. The van der Waals surface area contributed by atoms with Crippen molar-refractivity contribution in [3.05, 3.63) is 58.4 Å². The van der Waals surface area contributed by atoms with Crippen LogP contribution < -0.4 is 5.73 Å². The Morgan fingerprint density at radius 3 is 2.54 bits per heavy atom. The minimum absolute atomic E-state index is 0.0206. The predicted molar refractivity (Wildman–Crippen MR) is 156 cm³/mol. The van der Waals surface area contributed by atoms with E-state index >= 15 is 0 Å². The van der Waals surface area contributed by atoms with Crippen molar-refractivity contribution >= 4 is 39.8 Å². The molecule has 1 saturated carbocycles. The number of hydrogen-bond acceptors (Lipinski definition) is 8. The van der Waals surface area contributed by atoms with Crippen LogP contribution in [0.1, 0.15) is 50.4 Å². The standard InChI is InChI=1S/C29H35ClN6O2S/c1-16(2)35-10-8-18(9-11-35)20-13-22(25(38)24(20)37)36-14-21(23-26(31)33-29(30)34-27(23)36)28-32-19(15-39-28)12-17-6-4-3-5-7-17/h3-7,14-16,18,20,22,24-25,37-38H,8-13H2,1-2H3,(H2,31,33,34)/t20-,22-,24-,25+/m1/s1. The van der Waals surface area contributed by atoms with Gasteiger partial charge >= 0.3 is 0 Å². The molecule has 0 bridgehead atoms. The van der Waals surface area contributed by atoms with Crippen molar-refractivity contribution in [3.8, 4) is 10.6 Å². The summed E-state index contributed by atoms with van der Waals surface area (Å²) in [5.41, 5.74) is 9.94. The first-order valence-corrected chi connectivity index (χ1v) is 15.0. The van der Waals surface area contributed by atoms with E-state index in [9.17, 15) is 10.2 Å². The molecule has 206 valence electrons. The van der Waals surface area contributed by atoms with Crippen LogP contribution >= 0.6 is 22.9 Å². The number of nitrogen functional groups attached to an aromatic ring is 1. The topological polar surface area (TPSA) is 113 Å². The third kappa shape index (κ3) is 5.07. The third-order valence-electron chi connectivity index (χ3n) is 8.65. The highest BCUT2D eigenvalue weighted by molar-refractivity contribution is 7.13. The molecule has 1 aliphatic carbocycles. The van der Waals surface area contributed by atoms with Gasteiger partial charge in [0.1, 0.15) is 22.6 Å². The van der Waals surface area contributed by atoms with E-state index in [1.54, 1.807) is 11.3 Å². The first-order chi connectivity index (χ1) is 18.8. The molecular formula is C29H35ClN6O2S. The lowest BCUT2D eigenvalue weighted by Gasteiger charge is -2.37. The molecule has 39 heavy (non-hydrogen) atoms. The van der Waals surface area contributed by atoms with Crippen molar-refractivity contribution in [2.75, 3.05) is 18.8 Å². The van der Waals surface area contributed by atoms with Crippen LogP contribution in [-0.2, 0) is 6.42 Å². The van der Waals surface area contributed by atoms with E-state index in [0.717, 1.165) is 48.6 Å². The summed E-state index contributed by atoms with van der Waals surface area (Å²) in [6, 6.07) is 10.4. The molecule has 0 amide bonds. The van der Waals surface area contributed by atoms with E-state index < -0.39 is 12.2 Å². The molecule has 4 atom stereocenters. The summed E-state index contributed by atoms with van der Waals surface area (Å²) in [4.78, 5) is 16.2. The Bertz CT molecular complexity index is 1450. The Labute approximate surface area is 237 Å². The number of nitrogens with zero attached hydrogens (tertiary/aromatic N) is 5. The molecule has 10 heteroatoms. The zero-order chi connectivity index (χ0) is 27.3. The van der Waals surface area contributed by atoms with Gasteiger partial charge in [0.25, 0.3) is 0 Å². The normalized spacial score (nSPS) is 24.8. The molecule has 0 unspecified atom stereocenters. The molecule has 1 aliphatic heterocycles. The Hall–Kier alpha value is -2.56. The molecule has 0 spiro atoms. The average molecular weight is 567 g/mol. The Morgan fingerprint density at radius 1 is 1.08 bits per heavy atom. The number of likely N-dealkylation sites (tertiary alicyclic amines) is 1. The lowest BCUT2D eigenvalue weighted by molar-refractivity contribution is -0.0135. The van der Waals surface area contributed by atoms with Crippen molar-refractivity contribution in [1.82, 2.24) is 24.4 Å². The summed E-state index contributed by atoms with van der Waals surface area (Å²) in [6.45, 7) is 6.51. The highest BCUT2D eigenvalue weighted by Gasteiger charge is 2.46. The lowest BCUT2D eigenvalue weighted by atomic mass is 9.81. The molecule has 4 aromatic rings. The monoisotopic (exact) mass is 566 g/mol. The van der Waals surface area contributed by atoms with Crippen molar-refractivity contribution in [3.63, 3.8) is 0 Å². The molecule has 2 fully saturated rings. The number of halogens is 1. The second-order valence-corrected chi connectivity index (χ2v) is 12.4. The smallest absolute Gasteiger partial charge is 0.226 e. The molecule has 1 saturated heterocycles. The van der Waals surface area contributed by atoms with E-state index in [-0.39, 0.29) is 23.1 Å².